The Morgan fingerprint density at radius 1 is 1.10 bits per heavy atom. The number of hydrogen-bond acceptors (Lipinski definition) is 5. The van der Waals surface area contributed by atoms with Gasteiger partial charge in [-0.15, -0.1) is 11.3 Å². The Hall–Kier alpha value is -3.29. The van der Waals surface area contributed by atoms with Crippen molar-refractivity contribution < 1.29 is 14.4 Å². The summed E-state index contributed by atoms with van der Waals surface area (Å²) in [6.45, 7) is 0.215. The maximum atomic E-state index is 12.7. The van der Waals surface area contributed by atoms with Gasteiger partial charge < -0.3 is 5.32 Å². The summed E-state index contributed by atoms with van der Waals surface area (Å²) < 4.78 is 0. The van der Waals surface area contributed by atoms with E-state index in [2.05, 4.69) is 5.32 Å². The molecule has 0 spiro atoms. The van der Waals surface area contributed by atoms with Crippen LogP contribution in [-0.2, 0) is 16.1 Å². The number of likely N-dealkylation sites (tertiary alicyclic amines) is 1. The van der Waals surface area contributed by atoms with E-state index >= 15 is 0 Å². The molecule has 4 rings (SSSR count). The molecule has 1 aliphatic heterocycles. The molecule has 3 amide bonds. The van der Waals surface area contributed by atoms with Crippen molar-refractivity contribution in [2.75, 3.05) is 19.4 Å². The minimum atomic E-state index is -0.400. The fourth-order valence-corrected chi connectivity index (χ4v) is 4.30. The lowest BCUT2D eigenvalue weighted by Gasteiger charge is -2.18. The predicted octanol–water partition coefficient (Wildman–Crippen LogP) is 3.86. The molecule has 1 aromatic heterocycles. The Morgan fingerprint density at radius 2 is 1.87 bits per heavy atom. The van der Waals surface area contributed by atoms with Crippen molar-refractivity contribution in [1.82, 2.24) is 9.80 Å². The molecule has 0 aliphatic carbocycles. The number of thiophene rings is 1. The van der Waals surface area contributed by atoms with Crippen molar-refractivity contribution in [3.63, 3.8) is 0 Å². The molecular formula is C24H23N3O3S. The van der Waals surface area contributed by atoms with Crippen LogP contribution in [0.3, 0.4) is 0 Å². The number of anilines is 1. The summed E-state index contributed by atoms with van der Waals surface area (Å²) in [5.41, 5.74) is 3.09. The number of benzene rings is 2. The van der Waals surface area contributed by atoms with E-state index < -0.39 is 6.04 Å². The highest BCUT2D eigenvalue weighted by atomic mass is 32.1. The van der Waals surface area contributed by atoms with Crippen molar-refractivity contribution in [1.29, 1.82) is 0 Å². The van der Waals surface area contributed by atoms with Crippen LogP contribution in [0.4, 0.5) is 5.69 Å². The third-order valence-corrected chi connectivity index (χ3v) is 6.25. The van der Waals surface area contributed by atoms with Gasteiger partial charge in [0.05, 0.1) is 19.0 Å². The van der Waals surface area contributed by atoms with Gasteiger partial charge in [0, 0.05) is 16.1 Å². The zero-order valence-electron chi connectivity index (χ0n) is 17.4. The molecular weight excluding hydrogens is 410 g/mol. The largest absolute Gasteiger partial charge is 0.322 e. The van der Waals surface area contributed by atoms with Gasteiger partial charge in [0.2, 0.25) is 11.8 Å². The highest BCUT2D eigenvalue weighted by molar-refractivity contribution is 7.13. The fraction of sp³-hybridized carbons (Fsp3) is 0.208. The standard InChI is InChI=1S/C24H23N3O3S/c1-26(2)20-14-22(28)27(24(20)30)15-16-8-10-17(11-9-16)23(29)25-19-6-3-5-18(13-19)21-7-4-12-31-21/h3-13,20H,14-15H2,1-2H3,(H,25,29)/t20-/m0/s1. The molecule has 1 N–H and O–H groups in total. The van der Waals surface area contributed by atoms with Crippen LogP contribution in [0.1, 0.15) is 22.3 Å². The average Bonchev–Trinajstić information content (AvgIpc) is 3.39. The SMILES string of the molecule is CN(C)[C@H]1CC(=O)N(Cc2ccc(C(=O)Nc3cccc(-c4cccs4)c3)cc2)C1=O. The number of rotatable bonds is 6. The summed E-state index contributed by atoms with van der Waals surface area (Å²) >= 11 is 1.65. The van der Waals surface area contributed by atoms with Gasteiger partial charge in [-0.2, -0.15) is 0 Å². The van der Waals surface area contributed by atoms with Crippen LogP contribution in [0.5, 0.6) is 0 Å². The Morgan fingerprint density at radius 3 is 2.52 bits per heavy atom. The average molecular weight is 434 g/mol. The number of nitrogens with one attached hydrogen (secondary N) is 1. The van der Waals surface area contributed by atoms with Crippen molar-refractivity contribution in [3.05, 3.63) is 77.2 Å². The van der Waals surface area contributed by atoms with E-state index in [1.165, 1.54) is 4.90 Å². The van der Waals surface area contributed by atoms with E-state index in [4.69, 9.17) is 0 Å². The summed E-state index contributed by atoms with van der Waals surface area (Å²) in [4.78, 5) is 41.5. The number of likely N-dealkylation sites (N-methyl/N-ethyl adjacent to an activating group) is 1. The first-order valence-electron chi connectivity index (χ1n) is 9.97. The molecule has 6 nitrogen and oxygen atoms in total. The number of imide groups is 1. The maximum absolute atomic E-state index is 12.7. The zero-order valence-corrected chi connectivity index (χ0v) is 18.2. The predicted molar refractivity (Wildman–Crippen MR) is 122 cm³/mol. The number of carbonyl (C=O) groups is 3. The van der Waals surface area contributed by atoms with Gasteiger partial charge in [0.15, 0.2) is 0 Å². The summed E-state index contributed by atoms with van der Waals surface area (Å²) in [5.74, 6) is -0.561. The molecule has 158 valence electrons. The van der Waals surface area contributed by atoms with Crippen LogP contribution < -0.4 is 5.32 Å². The monoisotopic (exact) mass is 433 g/mol. The van der Waals surface area contributed by atoms with Gasteiger partial charge in [0.25, 0.3) is 5.91 Å². The third-order valence-electron chi connectivity index (χ3n) is 5.33. The normalized spacial score (nSPS) is 16.2. The molecule has 1 atom stereocenters. The quantitative estimate of drug-likeness (QED) is 0.600. The van der Waals surface area contributed by atoms with E-state index in [0.29, 0.717) is 5.56 Å². The Labute approximate surface area is 185 Å². The lowest BCUT2D eigenvalue weighted by Crippen LogP contribution is -2.37. The number of carbonyl (C=O) groups excluding carboxylic acids is 3. The van der Waals surface area contributed by atoms with E-state index in [9.17, 15) is 14.4 Å². The van der Waals surface area contributed by atoms with Crippen molar-refractivity contribution >= 4 is 34.7 Å². The first kappa shape index (κ1) is 21.0. The second kappa shape index (κ2) is 8.83. The van der Waals surface area contributed by atoms with Crippen LogP contribution in [0, 0.1) is 0 Å². The lowest BCUT2D eigenvalue weighted by molar-refractivity contribution is -0.140. The van der Waals surface area contributed by atoms with Gasteiger partial charge >= 0.3 is 0 Å². The van der Waals surface area contributed by atoms with Crippen LogP contribution in [0.2, 0.25) is 0 Å². The topological polar surface area (TPSA) is 69.7 Å². The fourth-order valence-electron chi connectivity index (χ4n) is 3.58. The number of hydrogen-bond donors (Lipinski definition) is 1. The van der Waals surface area contributed by atoms with Gasteiger partial charge in [-0.3, -0.25) is 24.2 Å². The molecule has 1 fully saturated rings. The number of nitrogens with zero attached hydrogens (tertiary/aromatic N) is 2. The minimum Gasteiger partial charge on any atom is -0.322 e. The lowest BCUT2D eigenvalue weighted by atomic mass is 10.1. The van der Waals surface area contributed by atoms with Crippen LogP contribution >= 0.6 is 11.3 Å². The maximum Gasteiger partial charge on any atom is 0.255 e. The molecule has 0 saturated carbocycles. The molecule has 2 aromatic carbocycles. The van der Waals surface area contributed by atoms with Crippen LogP contribution in [0.15, 0.2) is 66.0 Å². The smallest absolute Gasteiger partial charge is 0.255 e. The second-order valence-corrected chi connectivity index (χ2v) is 8.66. The van der Waals surface area contributed by atoms with Gasteiger partial charge in [-0.05, 0) is 60.9 Å². The second-order valence-electron chi connectivity index (χ2n) is 7.71. The number of amides is 3. The Kier molecular flexibility index (Phi) is 5.97. The zero-order chi connectivity index (χ0) is 22.0. The van der Waals surface area contributed by atoms with E-state index in [1.807, 2.05) is 41.8 Å². The molecule has 2 heterocycles. The highest BCUT2D eigenvalue weighted by Gasteiger charge is 2.39. The molecule has 31 heavy (non-hydrogen) atoms. The summed E-state index contributed by atoms with van der Waals surface area (Å²) in [7, 11) is 3.59. The van der Waals surface area contributed by atoms with Crippen LogP contribution in [0.25, 0.3) is 10.4 Å². The van der Waals surface area contributed by atoms with E-state index in [0.717, 1.165) is 21.7 Å². The van der Waals surface area contributed by atoms with Gasteiger partial charge in [-0.25, -0.2) is 0 Å². The third kappa shape index (κ3) is 4.57. The van der Waals surface area contributed by atoms with Crippen LogP contribution in [-0.4, -0.2) is 47.7 Å². The molecule has 0 bridgehead atoms. The molecule has 1 saturated heterocycles. The first-order chi connectivity index (χ1) is 14.9. The molecule has 7 heteroatoms. The summed E-state index contributed by atoms with van der Waals surface area (Å²) in [6, 6.07) is 18.3. The highest BCUT2D eigenvalue weighted by Crippen LogP contribution is 2.27. The first-order valence-corrected chi connectivity index (χ1v) is 10.9. The Bertz CT molecular complexity index is 1110. The minimum absolute atomic E-state index is 0.170. The van der Waals surface area contributed by atoms with E-state index in [1.54, 1.807) is 54.6 Å². The summed E-state index contributed by atoms with van der Waals surface area (Å²) in [6.07, 6.45) is 0.205. The van der Waals surface area contributed by atoms with Crippen molar-refractivity contribution in [2.45, 2.75) is 19.0 Å². The van der Waals surface area contributed by atoms with Crippen molar-refractivity contribution in [2.24, 2.45) is 0 Å². The molecule has 3 aromatic rings. The van der Waals surface area contributed by atoms with Gasteiger partial charge in [-0.1, -0.05) is 30.3 Å². The molecule has 0 radical (unpaired) electrons. The van der Waals surface area contributed by atoms with E-state index in [-0.39, 0.29) is 30.7 Å². The van der Waals surface area contributed by atoms with Crippen molar-refractivity contribution in [3.8, 4) is 10.4 Å². The molecule has 1 aliphatic rings. The van der Waals surface area contributed by atoms with Gasteiger partial charge in [0.1, 0.15) is 0 Å². The molecule has 0 unspecified atom stereocenters. The summed E-state index contributed by atoms with van der Waals surface area (Å²) in [5, 5.41) is 4.95. The Balaban J connectivity index is 1.42.